The number of aromatic hydroxyl groups is 1. The molecule has 4 aliphatic rings. The largest absolute Gasteiger partial charge is 0.506 e. The minimum Gasteiger partial charge on any atom is -0.506 e. The van der Waals surface area contributed by atoms with Crippen molar-refractivity contribution in [2.75, 3.05) is 45.9 Å². The number of hydrogen-bond donors (Lipinski definition) is 5. The fraction of sp³-hybridized carbons (Fsp3) is 0.615. The number of benzene rings is 2. The Kier molecular flexibility index (Phi) is 11.6. The molecule has 3 aromatic rings. The Bertz CT molecular complexity index is 1520. The zero-order chi connectivity index (χ0) is 33.6. The van der Waals surface area contributed by atoms with Crippen LogP contribution in [-0.2, 0) is 15.1 Å². The summed E-state index contributed by atoms with van der Waals surface area (Å²) < 4.78 is 14.1. The number of pyridine rings is 1. The maximum Gasteiger partial charge on any atom is 0.248 e. The number of nitrogens with one attached hydrogen (secondary N) is 2. The van der Waals surface area contributed by atoms with Crippen molar-refractivity contribution in [3.05, 3.63) is 76.1 Å². The van der Waals surface area contributed by atoms with E-state index in [-0.39, 0.29) is 29.6 Å². The lowest BCUT2D eigenvalue weighted by molar-refractivity contribution is -0.946. The number of nitrogens with zero attached hydrogens (tertiary/aromatic N) is 1. The number of aliphatic hydroxyl groups excluding tert-OH is 1. The van der Waals surface area contributed by atoms with Gasteiger partial charge in [0.2, 0.25) is 5.56 Å². The first-order valence-electron chi connectivity index (χ1n) is 18.4. The molecule has 9 nitrogen and oxygen atoms in total. The van der Waals surface area contributed by atoms with E-state index < -0.39 is 11.7 Å². The molecule has 0 radical (unpaired) electrons. The van der Waals surface area contributed by atoms with E-state index in [1.165, 1.54) is 50.9 Å². The van der Waals surface area contributed by atoms with Crippen molar-refractivity contribution in [1.82, 2.24) is 10.3 Å². The summed E-state index contributed by atoms with van der Waals surface area (Å²) in [5.41, 5.74) is 0.766. The number of aliphatic hydroxyl groups is 2. The van der Waals surface area contributed by atoms with E-state index >= 15 is 0 Å². The van der Waals surface area contributed by atoms with Crippen molar-refractivity contribution in [1.29, 1.82) is 0 Å². The van der Waals surface area contributed by atoms with Gasteiger partial charge in [-0.2, -0.15) is 0 Å². The highest BCUT2D eigenvalue weighted by Gasteiger charge is 2.48. The quantitative estimate of drug-likeness (QED) is 0.0737. The number of hydrogen-bond acceptors (Lipinski definition) is 7. The van der Waals surface area contributed by atoms with E-state index in [1.54, 1.807) is 12.1 Å². The van der Waals surface area contributed by atoms with Crippen LogP contribution in [0, 0.1) is 11.8 Å². The molecule has 0 spiro atoms. The second-order valence-corrected chi connectivity index (χ2v) is 14.7. The number of ether oxygens (including phenoxy) is 2. The summed E-state index contributed by atoms with van der Waals surface area (Å²) >= 11 is 0. The Labute approximate surface area is 284 Å². The monoisotopic (exact) mass is 662 g/mol. The first kappa shape index (κ1) is 35.1. The minimum absolute atomic E-state index is 0.0177. The van der Waals surface area contributed by atoms with Crippen molar-refractivity contribution in [3.63, 3.8) is 0 Å². The maximum absolute atomic E-state index is 12.0. The first-order valence-corrected chi connectivity index (χ1v) is 18.4. The lowest BCUT2D eigenvalue weighted by atomic mass is 9.80. The Morgan fingerprint density at radius 2 is 1.79 bits per heavy atom. The van der Waals surface area contributed by atoms with Gasteiger partial charge in [0.05, 0.1) is 37.9 Å². The third kappa shape index (κ3) is 7.98. The molecule has 4 fully saturated rings. The van der Waals surface area contributed by atoms with Crippen molar-refractivity contribution < 1.29 is 29.3 Å². The molecule has 5 N–H and O–H groups in total. The fourth-order valence-corrected chi connectivity index (χ4v) is 8.71. The van der Waals surface area contributed by atoms with Gasteiger partial charge in [0.25, 0.3) is 0 Å². The lowest BCUT2D eigenvalue weighted by Crippen LogP contribution is -2.64. The summed E-state index contributed by atoms with van der Waals surface area (Å²) in [6.07, 6.45) is 10.0. The van der Waals surface area contributed by atoms with Crippen LogP contribution in [-0.4, -0.2) is 83.1 Å². The molecule has 4 heterocycles. The maximum atomic E-state index is 12.0. The van der Waals surface area contributed by atoms with Gasteiger partial charge in [0.1, 0.15) is 30.2 Å². The van der Waals surface area contributed by atoms with E-state index in [1.807, 2.05) is 18.2 Å². The van der Waals surface area contributed by atoms with Gasteiger partial charge >= 0.3 is 0 Å². The number of aromatic amines is 1. The van der Waals surface area contributed by atoms with E-state index in [0.29, 0.717) is 42.1 Å². The van der Waals surface area contributed by atoms with Crippen LogP contribution >= 0.6 is 0 Å². The van der Waals surface area contributed by atoms with Gasteiger partial charge in [-0.05, 0) is 61.3 Å². The Hall–Kier alpha value is -2.79. The van der Waals surface area contributed by atoms with Gasteiger partial charge in [0, 0.05) is 43.4 Å². The van der Waals surface area contributed by atoms with E-state index in [4.69, 9.17) is 9.47 Å². The summed E-state index contributed by atoms with van der Waals surface area (Å²) in [5, 5.41) is 37.2. The number of piperidine rings is 3. The third-order valence-electron chi connectivity index (χ3n) is 11.6. The average Bonchev–Trinajstić information content (AvgIpc) is 3.67. The van der Waals surface area contributed by atoms with Crippen LogP contribution in [0.25, 0.3) is 10.9 Å². The summed E-state index contributed by atoms with van der Waals surface area (Å²) in [6.45, 7) is 8.07. The van der Waals surface area contributed by atoms with Crippen LogP contribution in [0.15, 0.2) is 59.4 Å². The van der Waals surface area contributed by atoms with Crippen LogP contribution in [0.2, 0.25) is 0 Å². The first-order chi connectivity index (χ1) is 23.3. The second kappa shape index (κ2) is 15.8. The molecule has 262 valence electrons. The molecular weight excluding hydrogens is 606 g/mol. The number of H-pyrrole nitrogens is 1. The molecule has 3 aliphatic heterocycles. The number of fused-ring (bicyclic) bond motifs is 4. The molecule has 0 amide bonds. The number of phenols is 1. The van der Waals surface area contributed by atoms with Crippen LogP contribution in [0.5, 0.6) is 5.75 Å². The molecule has 48 heavy (non-hydrogen) atoms. The molecule has 4 atom stereocenters. The molecule has 9 heteroatoms. The Morgan fingerprint density at radius 3 is 2.54 bits per heavy atom. The predicted molar refractivity (Wildman–Crippen MR) is 188 cm³/mol. The average molecular weight is 663 g/mol. The van der Waals surface area contributed by atoms with Gasteiger partial charge < -0.3 is 34.3 Å². The zero-order valence-corrected chi connectivity index (χ0v) is 28.6. The van der Waals surface area contributed by atoms with Crippen molar-refractivity contribution in [3.8, 4) is 5.75 Å². The standard InChI is InChI=1S/C39H55N3O6/c1-2-10-37(40-25-34(44)31-15-17-33(43)38-32(31)16-18-36(45)41-38)47-24-9-8-21-42-22-19-28(20-23-42)35(26-42)48-27-39(46,30-13-6-7-14-30)29-11-4-3-5-12-29/h3-5,11-12,15-18,28,30,34-35,37,40,44,46H,2,6-10,13-14,19-27H2,1H3,(H-,41,43,45)/p+1/t28?,34-,35-,37?,39?,42?/m0/s1. The van der Waals surface area contributed by atoms with Gasteiger partial charge in [-0.15, -0.1) is 0 Å². The van der Waals surface area contributed by atoms with Crippen LogP contribution < -0.4 is 10.9 Å². The number of phenolic OH excluding ortho intramolecular Hbond substituents is 1. The highest BCUT2D eigenvalue weighted by molar-refractivity contribution is 5.87. The predicted octanol–water partition coefficient (Wildman–Crippen LogP) is 5.48. The number of rotatable bonds is 17. The van der Waals surface area contributed by atoms with Gasteiger partial charge in [-0.1, -0.05) is 62.6 Å². The van der Waals surface area contributed by atoms with E-state index in [0.717, 1.165) is 61.7 Å². The molecule has 1 aliphatic carbocycles. The van der Waals surface area contributed by atoms with Crippen molar-refractivity contribution in [2.45, 2.75) is 95.2 Å². The topological polar surface area (TPSA) is 124 Å². The highest BCUT2D eigenvalue weighted by atomic mass is 16.5. The van der Waals surface area contributed by atoms with Crippen molar-refractivity contribution >= 4 is 10.9 Å². The number of quaternary nitrogens is 1. The summed E-state index contributed by atoms with van der Waals surface area (Å²) in [5.74, 6) is 0.837. The molecular formula is C39H56N3O6+. The molecule has 7 rings (SSSR count). The molecule has 1 saturated carbocycles. The summed E-state index contributed by atoms with van der Waals surface area (Å²) in [6, 6.07) is 16.5. The fourth-order valence-electron chi connectivity index (χ4n) is 8.71. The lowest BCUT2D eigenvalue weighted by Gasteiger charge is -2.53. The molecule has 1 aromatic heterocycles. The van der Waals surface area contributed by atoms with Gasteiger partial charge in [-0.3, -0.25) is 10.1 Å². The zero-order valence-electron chi connectivity index (χ0n) is 28.6. The van der Waals surface area contributed by atoms with E-state index in [9.17, 15) is 20.1 Å². The van der Waals surface area contributed by atoms with Crippen molar-refractivity contribution in [2.24, 2.45) is 11.8 Å². The Morgan fingerprint density at radius 1 is 1.02 bits per heavy atom. The normalized spacial score (nSPS) is 25.3. The third-order valence-corrected chi connectivity index (χ3v) is 11.6. The van der Waals surface area contributed by atoms with Gasteiger partial charge in [0.15, 0.2) is 0 Å². The molecule has 3 saturated heterocycles. The highest BCUT2D eigenvalue weighted by Crippen LogP contribution is 2.43. The van der Waals surface area contributed by atoms with Gasteiger partial charge in [-0.25, -0.2) is 0 Å². The van der Waals surface area contributed by atoms with Crippen LogP contribution in [0.1, 0.15) is 88.4 Å². The smallest absolute Gasteiger partial charge is 0.248 e. The molecule has 2 aromatic carbocycles. The summed E-state index contributed by atoms with van der Waals surface area (Å²) in [4.78, 5) is 14.4. The van der Waals surface area contributed by atoms with Crippen LogP contribution in [0.3, 0.4) is 0 Å². The second-order valence-electron chi connectivity index (χ2n) is 14.7. The van der Waals surface area contributed by atoms with E-state index in [2.05, 4.69) is 29.4 Å². The number of aromatic nitrogens is 1. The molecule has 2 unspecified atom stereocenters. The number of unbranched alkanes of at least 4 members (excludes halogenated alkanes) is 1. The minimum atomic E-state index is -0.913. The Balaban J connectivity index is 0.969. The van der Waals surface area contributed by atoms with Crippen LogP contribution in [0.4, 0.5) is 0 Å². The molecule has 2 bridgehead atoms. The summed E-state index contributed by atoms with van der Waals surface area (Å²) in [7, 11) is 0. The SMILES string of the molecule is CCCC(NC[C@H](O)c1ccc(O)c2[nH]c(=O)ccc12)OCCCC[N+]12CCC(CC1)[C@@H](OCC(O)(c1ccccc1)C1CCCC1)C2.